The van der Waals surface area contributed by atoms with Gasteiger partial charge in [0.15, 0.2) is 5.13 Å². The molecule has 1 saturated heterocycles. The Balaban J connectivity index is 1.88. The van der Waals surface area contributed by atoms with Crippen molar-refractivity contribution in [2.45, 2.75) is 19.4 Å². The summed E-state index contributed by atoms with van der Waals surface area (Å²) in [5.74, 6) is 0.740. The molecule has 1 aromatic rings. The normalized spacial score (nSPS) is 17.6. The molecule has 0 spiro atoms. The summed E-state index contributed by atoms with van der Waals surface area (Å²) in [7, 11) is 2.11. The zero-order valence-corrected chi connectivity index (χ0v) is 10.5. The molecule has 5 heteroatoms. The van der Waals surface area contributed by atoms with Gasteiger partial charge in [0.1, 0.15) is 0 Å². The maximum Gasteiger partial charge on any atom is 0.185 e. The number of hydrogen-bond donors (Lipinski definition) is 1. The molecular weight excluding hydrogens is 222 g/mol. The number of nitrogens with two attached hydrogens (primary N) is 1. The number of aromatic nitrogens is 1. The molecule has 4 nitrogen and oxygen atoms in total. The van der Waals surface area contributed by atoms with E-state index in [4.69, 9.17) is 10.5 Å². The van der Waals surface area contributed by atoms with Gasteiger partial charge in [-0.25, -0.2) is 4.98 Å². The molecule has 2 heterocycles. The molecule has 1 aliphatic rings. The summed E-state index contributed by atoms with van der Waals surface area (Å²) < 4.78 is 5.36. The minimum Gasteiger partial charge on any atom is -0.381 e. The second kappa shape index (κ2) is 5.61. The standard InChI is InChI=1S/C11H19N3OS/c1-14(7-9-2-4-15-5-3-9)11-13-10(6-12)8-16-11/h8-9H,2-7,12H2,1H3. The fraction of sp³-hybridized carbons (Fsp3) is 0.727. The van der Waals surface area contributed by atoms with Gasteiger partial charge in [0.2, 0.25) is 0 Å². The van der Waals surface area contributed by atoms with Crippen LogP contribution in [0.5, 0.6) is 0 Å². The van der Waals surface area contributed by atoms with Gasteiger partial charge < -0.3 is 15.4 Å². The van der Waals surface area contributed by atoms with Crippen LogP contribution < -0.4 is 10.6 Å². The number of rotatable bonds is 4. The van der Waals surface area contributed by atoms with E-state index in [1.165, 1.54) is 12.8 Å². The van der Waals surface area contributed by atoms with Crippen LogP contribution in [0.4, 0.5) is 5.13 Å². The second-order valence-electron chi connectivity index (χ2n) is 4.26. The highest BCUT2D eigenvalue weighted by Crippen LogP contribution is 2.22. The zero-order chi connectivity index (χ0) is 11.4. The van der Waals surface area contributed by atoms with E-state index < -0.39 is 0 Å². The third kappa shape index (κ3) is 2.93. The minimum atomic E-state index is 0.529. The lowest BCUT2D eigenvalue weighted by atomic mass is 10.0. The van der Waals surface area contributed by atoms with Gasteiger partial charge in [0.05, 0.1) is 5.69 Å². The molecule has 1 fully saturated rings. The Bertz CT molecular complexity index is 323. The first-order chi connectivity index (χ1) is 7.79. The second-order valence-corrected chi connectivity index (χ2v) is 5.10. The van der Waals surface area contributed by atoms with E-state index in [2.05, 4.69) is 16.9 Å². The largest absolute Gasteiger partial charge is 0.381 e. The molecule has 0 amide bonds. The third-order valence-corrected chi connectivity index (χ3v) is 3.95. The minimum absolute atomic E-state index is 0.529. The van der Waals surface area contributed by atoms with Crippen LogP contribution in [-0.4, -0.2) is 31.8 Å². The lowest BCUT2D eigenvalue weighted by molar-refractivity contribution is 0.0685. The van der Waals surface area contributed by atoms with Crippen molar-refractivity contribution in [3.8, 4) is 0 Å². The summed E-state index contributed by atoms with van der Waals surface area (Å²) in [6, 6.07) is 0. The van der Waals surface area contributed by atoms with Crippen molar-refractivity contribution >= 4 is 16.5 Å². The van der Waals surface area contributed by atoms with Crippen molar-refractivity contribution in [3.05, 3.63) is 11.1 Å². The molecule has 2 N–H and O–H groups in total. The highest BCUT2D eigenvalue weighted by Gasteiger charge is 2.17. The fourth-order valence-electron chi connectivity index (χ4n) is 1.96. The van der Waals surface area contributed by atoms with Crippen LogP contribution >= 0.6 is 11.3 Å². The molecule has 0 bridgehead atoms. The first-order valence-corrected chi connectivity index (χ1v) is 6.61. The number of nitrogens with zero attached hydrogens (tertiary/aromatic N) is 2. The van der Waals surface area contributed by atoms with Crippen LogP contribution in [0.15, 0.2) is 5.38 Å². The summed E-state index contributed by atoms with van der Waals surface area (Å²) in [4.78, 5) is 6.72. The van der Waals surface area contributed by atoms with E-state index in [-0.39, 0.29) is 0 Å². The Hall–Kier alpha value is -0.650. The van der Waals surface area contributed by atoms with E-state index in [0.717, 1.165) is 36.5 Å². The van der Waals surface area contributed by atoms with E-state index in [9.17, 15) is 0 Å². The molecule has 0 saturated carbocycles. The van der Waals surface area contributed by atoms with Crippen molar-refractivity contribution in [1.29, 1.82) is 0 Å². The van der Waals surface area contributed by atoms with Gasteiger partial charge in [-0.15, -0.1) is 11.3 Å². The summed E-state index contributed by atoms with van der Waals surface area (Å²) in [6.07, 6.45) is 2.33. The van der Waals surface area contributed by atoms with E-state index in [1.807, 2.05) is 5.38 Å². The number of hydrogen-bond acceptors (Lipinski definition) is 5. The molecule has 0 aromatic carbocycles. The van der Waals surface area contributed by atoms with Gasteiger partial charge in [-0.2, -0.15) is 0 Å². The Morgan fingerprint density at radius 2 is 2.31 bits per heavy atom. The van der Waals surface area contributed by atoms with Crippen LogP contribution in [0.2, 0.25) is 0 Å². The maximum atomic E-state index is 5.56. The fourth-order valence-corrected chi connectivity index (χ4v) is 2.77. The number of thiazole rings is 1. The van der Waals surface area contributed by atoms with Crippen molar-refractivity contribution in [2.24, 2.45) is 11.7 Å². The molecule has 0 atom stereocenters. The molecule has 90 valence electrons. The van der Waals surface area contributed by atoms with Crippen molar-refractivity contribution in [3.63, 3.8) is 0 Å². The quantitative estimate of drug-likeness (QED) is 0.867. The van der Waals surface area contributed by atoms with Crippen LogP contribution in [0.1, 0.15) is 18.5 Å². The molecule has 2 rings (SSSR count). The van der Waals surface area contributed by atoms with Crippen LogP contribution in [-0.2, 0) is 11.3 Å². The smallest absolute Gasteiger partial charge is 0.185 e. The van der Waals surface area contributed by atoms with E-state index in [0.29, 0.717) is 6.54 Å². The van der Waals surface area contributed by atoms with Crippen LogP contribution in [0.3, 0.4) is 0 Å². The van der Waals surface area contributed by atoms with Crippen LogP contribution in [0.25, 0.3) is 0 Å². The van der Waals surface area contributed by atoms with E-state index in [1.54, 1.807) is 11.3 Å². The molecule has 0 unspecified atom stereocenters. The zero-order valence-electron chi connectivity index (χ0n) is 9.69. The SMILES string of the molecule is CN(CC1CCOCC1)c1nc(CN)cs1. The summed E-state index contributed by atoms with van der Waals surface area (Å²) in [6.45, 7) is 3.41. The van der Waals surface area contributed by atoms with Crippen molar-refractivity contribution < 1.29 is 4.74 Å². The highest BCUT2D eigenvalue weighted by atomic mass is 32.1. The number of anilines is 1. The Labute approximate surface area is 100 Å². The molecule has 1 aliphatic heterocycles. The van der Waals surface area contributed by atoms with Gasteiger partial charge in [-0.3, -0.25) is 0 Å². The monoisotopic (exact) mass is 241 g/mol. The summed E-state index contributed by atoms with van der Waals surface area (Å²) in [5, 5.41) is 3.11. The van der Waals surface area contributed by atoms with Crippen molar-refractivity contribution in [2.75, 3.05) is 31.7 Å². The summed E-state index contributed by atoms with van der Waals surface area (Å²) >= 11 is 1.67. The third-order valence-electron chi connectivity index (χ3n) is 2.95. The average Bonchev–Trinajstić information content (AvgIpc) is 2.79. The van der Waals surface area contributed by atoms with E-state index >= 15 is 0 Å². The molecular formula is C11H19N3OS. The predicted octanol–water partition coefficient (Wildman–Crippen LogP) is 1.46. The van der Waals surface area contributed by atoms with Gasteiger partial charge in [-0.05, 0) is 18.8 Å². The van der Waals surface area contributed by atoms with Crippen molar-refractivity contribution in [1.82, 2.24) is 4.98 Å². The van der Waals surface area contributed by atoms with Gasteiger partial charge in [-0.1, -0.05) is 0 Å². The molecule has 1 aromatic heterocycles. The Morgan fingerprint density at radius 1 is 1.56 bits per heavy atom. The summed E-state index contributed by atoms with van der Waals surface area (Å²) in [5.41, 5.74) is 6.54. The van der Waals surface area contributed by atoms with Crippen LogP contribution in [0, 0.1) is 5.92 Å². The highest BCUT2D eigenvalue weighted by molar-refractivity contribution is 7.13. The lowest BCUT2D eigenvalue weighted by Gasteiger charge is -2.26. The predicted molar refractivity (Wildman–Crippen MR) is 66.8 cm³/mol. The van der Waals surface area contributed by atoms with Gasteiger partial charge in [0.25, 0.3) is 0 Å². The average molecular weight is 241 g/mol. The molecule has 0 radical (unpaired) electrons. The van der Waals surface area contributed by atoms with Gasteiger partial charge >= 0.3 is 0 Å². The maximum absolute atomic E-state index is 5.56. The molecule has 0 aliphatic carbocycles. The molecule has 16 heavy (non-hydrogen) atoms. The Kier molecular flexibility index (Phi) is 4.15. The first-order valence-electron chi connectivity index (χ1n) is 5.73. The lowest BCUT2D eigenvalue weighted by Crippen LogP contribution is -2.29. The number of ether oxygens (including phenoxy) is 1. The van der Waals surface area contributed by atoms with Gasteiger partial charge in [0, 0.05) is 38.7 Å². The Morgan fingerprint density at radius 3 is 2.94 bits per heavy atom. The first kappa shape index (κ1) is 11.8. The topological polar surface area (TPSA) is 51.4 Å².